The van der Waals surface area contributed by atoms with Gasteiger partial charge in [-0.1, -0.05) is 29.8 Å². The van der Waals surface area contributed by atoms with Gasteiger partial charge in [-0.15, -0.1) is 0 Å². The van der Waals surface area contributed by atoms with Gasteiger partial charge in [0.1, 0.15) is 11.6 Å². The van der Waals surface area contributed by atoms with Gasteiger partial charge in [-0.3, -0.25) is 9.59 Å². The van der Waals surface area contributed by atoms with Gasteiger partial charge >= 0.3 is 11.4 Å². The molecule has 0 bridgehead atoms. The molecule has 0 spiro atoms. The SMILES string of the molecule is Cc1cc(C2C3=CCn4c(=O)n(C)c(=O)n4C3CC3C(=O)N(c4ccc(F)c(Cl)c4)C(=O)C32C)ccc1O. The maximum atomic E-state index is 14.2. The molecule has 3 aliphatic rings. The number of carbonyl (C=O) groups is 2. The van der Waals surface area contributed by atoms with E-state index in [0.717, 1.165) is 21.1 Å². The van der Waals surface area contributed by atoms with Crippen molar-refractivity contribution in [3.05, 3.63) is 91.0 Å². The minimum absolute atomic E-state index is 0.0879. The van der Waals surface area contributed by atoms with E-state index in [1.165, 1.54) is 28.5 Å². The molecular weight excluding hydrogens is 515 g/mol. The quantitative estimate of drug-likeness (QED) is 0.399. The Morgan fingerprint density at radius 2 is 1.82 bits per heavy atom. The third kappa shape index (κ3) is 3.03. The lowest BCUT2D eigenvalue weighted by molar-refractivity contribution is -0.129. The van der Waals surface area contributed by atoms with E-state index in [0.29, 0.717) is 11.1 Å². The number of halogens is 2. The average Bonchev–Trinajstić information content (AvgIpc) is 3.22. The van der Waals surface area contributed by atoms with Crippen LogP contribution in [0.15, 0.2) is 57.6 Å². The molecule has 3 aromatic rings. The Bertz CT molecular complexity index is 1720. The van der Waals surface area contributed by atoms with Crippen LogP contribution >= 0.6 is 11.6 Å². The summed E-state index contributed by atoms with van der Waals surface area (Å²) < 4.78 is 17.7. The molecule has 0 radical (unpaired) electrons. The number of anilines is 1. The van der Waals surface area contributed by atoms with Gasteiger partial charge in [0, 0.05) is 13.0 Å². The van der Waals surface area contributed by atoms with E-state index in [-0.39, 0.29) is 29.4 Å². The highest BCUT2D eigenvalue weighted by molar-refractivity contribution is 6.31. The molecule has 3 heterocycles. The number of amides is 2. The van der Waals surface area contributed by atoms with Crippen LogP contribution in [-0.2, 0) is 23.2 Å². The zero-order valence-corrected chi connectivity index (χ0v) is 21.6. The standard InChI is InChI=1S/C27H24ClFN4O5/c1-13-10-14(4-7-21(13)34)22-16-8-9-31-25(37)30(3)26(38)33(31)20(16)12-17-23(35)32(24(36)27(17,22)2)15-5-6-19(29)18(28)11-15/h4-8,10-11,17,20,22,34H,9,12H2,1-3H3. The number of imide groups is 1. The summed E-state index contributed by atoms with van der Waals surface area (Å²) in [5.74, 6) is -3.03. The number of allylic oxidation sites excluding steroid dienone is 2. The number of hydrogen-bond acceptors (Lipinski definition) is 5. The molecule has 6 rings (SSSR count). The van der Waals surface area contributed by atoms with Gasteiger partial charge in [-0.2, -0.15) is 0 Å². The van der Waals surface area contributed by atoms with E-state index in [1.807, 2.05) is 6.08 Å². The monoisotopic (exact) mass is 538 g/mol. The molecule has 1 saturated carbocycles. The maximum Gasteiger partial charge on any atom is 0.347 e. The number of rotatable bonds is 2. The minimum Gasteiger partial charge on any atom is -0.508 e. The topological polar surface area (TPSA) is 107 Å². The van der Waals surface area contributed by atoms with Gasteiger partial charge in [-0.25, -0.2) is 32.8 Å². The summed E-state index contributed by atoms with van der Waals surface area (Å²) in [6.45, 7) is 3.61. The lowest BCUT2D eigenvalue weighted by Gasteiger charge is -2.47. The highest BCUT2D eigenvalue weighted by Gasteiger charge is 2.65. The van der Waals surface area contributed by atoms with E-state index < -0.39 is 52.3 Å². The van der Waals surface area contributed by atoms with E-state index in [9.17, 15) is 28.7 Å². The summed E-state index contributed by atoms with van der Waals surface area (Å²) in [5, 5.41) is 9.97. The van der Waals surface area contributed by atoms with Crippen LogP contribution in [0.25, 0.3) is 0 Å². The number of aryl methyl sites for hydroxylation is 1. The number of nitrogens with zero attached hydrogens (tertiary/aromatic N) is 4. The molecule has 1 aliphatic carbocycles. The zero-order chi connectivity index (χ0) is 27.3. The molecule has 1 N–H and O–H groups in total. The predicted molar refractivity (Wildman–Crippen MR) is 137 cm³/mol. The van der Waals surface area contributed by atoms with Gasteiger partial charge in [0.05, 0.1) is 34.6 Å². The van der Waals surface area contributed by atoms with Crippen molar-refractivity contribution in [1.82, 2.24) is 13.9 Å². The van der Waals surface area contributed by atoms with E-state index in [1.54, 1.807) is 32.0 Å². The predicted octanol–water partition coefficient (Wildman–Crippen LogP) is 3.02. The maximum absolute atomic E-state index is 14.2. The van der Waals surface area contributed by atoms with Gasteiger partial charge < -0.3 is 5.11 Å². The Balaban J connectivity index is 1.59. The Hall–Kier alpha value is -3.92. The molecule has 1 saturated heterocycles. The first-order valence-electron chi connectivity index (χ1n) is 12.2. The molecule has 38 heavy (non-hydrogen) atoms. The molecular formula is C27H24ClFN4O5. The van der Waals surface area contributed by atoms with E-state index in [2.05, 4.69) is 0 Å². The summed E-state index contributed by atoms with van der Waals surface area (Å²) >= 11 is 5.99. The number of fused-ring (bicyclic) bond motifs is 4. The van der Waals surface area contributed by atoms with Crippen LogP contribution < -0.4 is 16.3 Å². The van der Waals surface area contributed by atoms with Crippen LogP contribution in [0.3, 0.4) is 0 Å². The lowest BCUT2D eigenvalue weighted by Crippen LogP contribution is -2.49. The summed E-state index contributed by atoms with van der Waals surface area (Å²) in [4.78, 5) is 55.1. The molecule has 2 amide bonds. The fourth-order valence-electron chi connectivity index (χ4n) is 6.49. The van der Waals surface area contributed by atoms with Crippen LogP contribution in [0.4, 0.5) is 10.1 Å². The first-order valence-corrected chi connectivity index (χ1v) is 12.6. The van der Waals surface area contributed by atoms with Crippen molar-refractivity contribution in [3.8, 4) is 5.75 Å². The fourth-order valence-corrected chi connectivity index (χ4v) is 6.67. The second-order valence-electron chi connectivity index (χ2n) is 10.4. The average molecular weight is 539 g/mol. The molecule has 2 aromatic carbocycles. The molecule has 1 aromatic heterocycles. The number of hydrogen-bond donors (Lipinski definition) is 1. The van der Waals surface area contributed by atoms with Gasteiger partial charge in [0.2, 0.25) is 11.8 Å². The molecule has 4 atom stereocenters. The van der Waals surface area contributed by atoms with Crippen molar-refractivity contribution in [2.45, 2.75) is 38.8 Å². The number of phenols is 1. The molecule has 196 valence electrons. The Morgan fingerprint density at radius 3 is 2.50 bits per heavy atom. The third-order valence-corrected chi connectivity index (χ3v) is 8.73. The molecule has 2 aliphatic heterocycles. The van der Waals surface area contributed by atoms with E-state index in [4.69, 9.17) is 11.6 Å². The van der Waals surface area contributed by atoms with Crippen LogP contribution in [-0.4, -0.2) is 30.9 Å². The normalized spacial score (nSPS) is 26.2. The first-order chi connectivity index (χ1) is 18.0. The summed E-state index contributed by atoms with van der Waals surface area (Å²) in [7, 11) is 1.40. The second kappa shape index (κ2) is 8.04. The van der Waals surface area contributed by atoms with Gasteiger partial charge in [0.15, 0.2) is 0 Å². The van der Waals surface area contributed by atoms with Crippen molar-refractivity contribution < 1.29 is 19.1 Å². The van der Waals surface area contributed by atoms with Crippen LogP contribution in [0, 0.1) is 24.1 Å². The lowest BCUT2D eigenvalue weighted by atomic mass is 9.56. The number of phenolic OH excluding ortho intramolecular Hbond substituents is 1. The van der Waals surface area contributed by atoms with Gasteiger partial charge in [-0.05, 0) is 61.2 Å². The summed E-state index contributed by atoms with van der Waals surface area (Å²) in [6.07, 6.45) is 1.98. The highest BCUT2D eigenvalue weighted by Crippen LogP contribution is 2.61. The van der Waals surface area contributed by atoms with Crippen molar-refractivity contribution in [2.24, 2.45) is 18.4 Å². The number of aromatic hydroxyl groups is 1. The largest absolute Gasteiger partial charge is 0.508 e. The molecule has 4 unspecified atom stereocenters. The van der Waals surface area contributed by atoms with Crippen molar-refractivity contribution >= 4 is 29.1 Å². The van der Waals surface area contributed by atoms with Crippen LogP contribution in [0.2, 0.25) is 5.02 Å². The van der Waals surface area contributed by atoms with Crippen molar-refractivity contribution in [2.75, 3.05) is 4.90 Å². The van der Waals surface area contributed by atoms with Crippen LogP contribution in [0.1, 0.15) is 36.4 Å². The summed E-state index contributed by atoms with van der Waals surface area (Å²) in [6, 6.07) is 8.07. The smallest absolute Gasteiger partial charge is 0.347 e. The van der Waals surface area contributed by atoms with Crippen LogP contribution in [0.5, 0.6) is 5.75 Å². The minimum atomic E-state index is -1.26. The molecule has 11 heteroatoms. The molecule has 2 fully saturated rings. The summed E-state index contributed by atoms with van der Waals surface area (Å²) in [5.41, 5.74) is -0.0293. The Morgan fingerprint density at radius 1 is 1.08 bits per heavy atom. The Labute approximate surface area is 220 Å². The van der Waals surface area contributed by atoms with Gasteiger partial charge in [0.25, 0.3) is 0 Å². The van der Waals surface area contributed by atoms with Crippen molar-refractivity contribution in [1.29, 1.82) is 0 Å². The fraction of sp³-hybridized carbons (Fsp3) is 0.333. The third-order valence-electron chi connectivity index (χ3n) is 8.44. The zero-order valence-electron chi connectivity index (χ0n) is 20.8. The van der Waals surface area contributed by atoms with Crippen molar-refractivity contribution in [3.63, 3.8) is 0 Å². The first kappa shape index (κ1) is 24.4. The highest BCUT2D eigenvalue weighted by atomic mass is 35.5. The number of benzene rings is 2. The molecule has 9 nitrogen and oxygen atoms in total. The number of aromatic nitrogens is 3. The number of carbonyl (C=O) groups excluding carboxylic acids is 2. The van der Waals surface area contributed by atoms with E-state index >= 15 is 0 Å². The second-order valence-corrected chi connectivity index (χ2v) is 10.8. The Kier molecular flexibility index (Phi) is 5.17.